The van der Waals surface area contributed by atoms with Crippen molar-refractivity contribution in [1.82, 2.24) is 5.32 Å². The van der Waals surface area contributed by atoms with Gasteiger partial charge in [0.15, 0.2) is 0 Å². The normalized spacial score (nSPS) is 22.5. The average molecular weight is 197 g/mol. The molecule has 0 aromatic rings. The first-order valence-corrected chi connectivity index (χ1v) is 3.86. The number of halogens is 3. The van der Waals surface area contributed by atoms with E-state index in [0.717, 1.165) is 0 Å². The summed E-state index contributed by atoms with van der Waals surface area (Å²) in [5, 5.41) is 10.5. The smallest absolute Gasteiger partial charge is 0.406 e. The summed E-state index contributed by atoms with van der Waals surface area (Å²) < 4.78 is 36.8. The Labute approximate surface area is 72.9 Å². The number of hydrogen-bond donors (Lipinski definition) is 2. The number of carboxylic acid groups (broad SMARTS) is 1. The van der Waals surface area contributed by atoms with Crippen LogP contribution in [-0.4, -0.2) is 28.8 Å². The summed E-state index contributed by atoms with van der Waals surface area (Å²) in [4.78, 5) is 10.3. The molecule has 76 valence electrons. The Morgan fingerprint density at radius 3 is 2.23 bits per heavy atom. The van der Waals surface area contributed by atoms with Gasteiger partial charge in [-0.05, 0) is 19.8 Å². The van der Waals surface area contributed by atoms with Crippen LogP contribution >= 0.6 is 0 Å². The van der Waals surface area contributed by atoms with E-state index < -0.39 is 23.7 Å². The first kappa shape index (κ1) is 10.3. The Hall–Kier alpha value is -0.780. The quantitative estimate of drug-likeness (QED) is 0.713. The molecule has 2 N–H and O–H groups in total. The first-order chi connectivity index (χ1) is 5.78. The molecule has 1 saturated carbocycles. The molecule has 1 aliphatic carbocycles. The third-order valence-corrected chi connectivity index (χ3v) is 2.16. The van der Waals surface area contributed by atoms with Crippen LogP contribution in [0.2, 0.25) is 0 Å². The van der Waals surface area contributed by atoms with Gasteiger partial charge in [-0.25, -0.2) is 0 Å². The molecule has 1 rings (SSSR count). The molecule has 0 spiro atoms. The van der Waals surface area contributed by atoms with E-state index in [1.54, 1.807) is 0 Å². The fraction of sp³-hybridized carbons (Fsp3) is 0.857. The highest BCUT2D eigenvalue weighted by molar-refractivity contribution is 5.73. The lowest BCUT2D eigenvalue weighted by Gasteiger charge is -2.22. The van der Waals surface area contributed by atoms with Gasteiger partial charge in [-0.2, -0.15) is 13.2 Å². The predicted octanol–water partition coefficient (Wildman–Crippen LogP) is 1.14. The lowest BCUT2D eigenvalue weighted by Crippen LogP contribution is -2.51. The maximum atomic E-state index is 12.3. The molecule has 0 bridgehead atoms. The van der Waals surface area contributed by atoms with Crippen LogP contribution in [0.3, 0.4) is 0 Å². The number of rotatable bonds is 3. The number of hydrogen-bond acceptors (Lipinski definition) is 2. The second kappa shape index (κ2) is 2.87. The van der Waals surface area contributed by atoms with Gasteiger partial charge in [0.2, 0.25) is 0 Å². The Bertz CT molecular complexity index is 222. The predicted molar refractivity (Wildman–Crippen MR) is 38.3 cm³/mol. The van der Waals surface area contributed by atoms with Crippen molar-refractivity contribution in [2.24, 2.45) is 0 Å². The topological polar surface area (TPSA) is 49.3 Å². The second-order valence-corrected chi connectivity index (χ2v) is 3.28. The minimum absolute atomic E-state index is 0.0336. The van der Waals surface area contributed by atoms with Crippen molar-refractivity contribution < 1.29 is 23.1 Å². The lowest BCUT2D eigenvalue weighted by atomic mass is 10.2. The maximum absolute atomic E-state index is 12.3. The van der Waals surface area contributed by atoms with Crippen molar-refractivity contribution in [1.29, 1.82) is 0 Å². The third-order valence-electron chi connectivity index (χ3n) is 2.16. The van der Waals surface area contributed by atoms with E-state index in [2.05, 4.69) is 5.32 Å². The van der Waals surface area contributed by atoms with Gasteiger partial charge in [0.1, 0.15) is 11.6 Å². The lowest BCUT2D eigenvalue weighted by molar-refractivity contribution is -0.170. The standard InChI is InChI=1S/C7H10F3NO2/c1-4(5(12)13)11-6(2-3-6)7(8,9)10/h4,11H,2-3H2,1H3,(H,12,13). The molecule has 0 saturated heterocycles. The van der Waals surface area contributed by atoms with E-state index in [4.69, 9.17) is 5.11 Å². The molecule has 0 aromatic carbocycles. The van der Waals surface area contributed by atoms with Gasteiger partial charge in [0.05, 0.1) is 0 Å². The molecule has 0 amide bonds. The maximum Gasteiger partial charge on any atom is 0.406 e. The highest BCUT2D eigenvalue weighted by Gasteiger charge is 2.63. The zero-order valence-electron chi connectivity index (χ0n) is 6.98. The van der Waals surface area contributed by atoms with Crippen molar-refractivity contribution in [2.45, 2.75) is 37.5 Å². The molecule has 0 radical (unpaired) electrons. The van der Waals surface area contributed by atoms with Crippen LogP contribution in [0.4, 0.5) is 13.2 Å². The van der Waals surface area contributed by atoms with Gasteiger partial charge in [0, 0.05) is 0 Å². The van der Waals surface area contributed by atoms with Crippen LogP contribution in [0.25, 0.3) is 0 Å². The van der Waals surface area contributed by atoms with Crippen LogP contribution in [-0.2, 0) is 4.79 Å². The summed E-state index contributed by atoms with van der Waals surface area (Å²) in [6.07, 6.45) is -4.42. The summed E-state index contributed by atoms with van der Waals surface area (Å²) >= 11 is 0. The number of aliphatic carboxylic acids is 1. The van der Waals surface area contributed by atoms with E-state index in [1.807, 2.05) is 0 Å². The van der Waals surface area contributed by atoms with Crippen molar-refractivity contribution in [3.63, 3.8) is 0 Å². The van der Waals surface area contributed by atoms with E-state index in [-0.39, 0.29) is 12.8 Å². The highest BCUT2D eigenvalue weighted by atomic mass is 19.4. The van der Waals surface area contributed by atoms with Gasteiger partial charge in [-0.3, -0.25) is 10.1 Å². The fourth-order valence-electron chi connectivity index (χ4n) is 1.11. The van der Waals surface area contributed by atoms with Crippen LogP contribution in [0.5, 0.6) is 0 Å². The molecule has 0 aliphatic heterocycles. The average Bonchev–Trinajstić information content (AvgIpc) is 2.66. The molecule has 0 heterocycles. The van der Waals surface area contributed by atoms with Crippen LogP contribution in [0, 0.1) is 0 Å². The summed E-state index contributed by atoms with van der Waals surface area (Å²) in [5.74, 6) is -1.27. The summed E-state index contributed by atoms with van der Waals surface area (Å²) in [6.45, 7) is 1.20. The largest absolute Gasteiger partial charge is 0.480 e. The third kappa shape index (κ3) is 1.93. The molecule has 0 aromatic heterocycles. The zero-order valence-corrected chi connectivity index (χ0v) is 6.98. The van der Waals surface area contributed by atoms with Crippen LogP contribution < -0.4 is 5.32 Å². The zero-order chi connectivity index (χ0) is 10.3. The Kier molecular flexibility index (Phi) is 2.27. The van der Waals surface area contributed by atoms with Crippen LogP contribution in [0.15, 0.2) is 0 Å². The number of nitrogens with one attached hydrogen (secondary N) is 1. The van der Waals surface area contributed by atoms with E-state index in [1.165, 1.54) is 6.92 Å². The molecule has 1 atom stereocenters. The Balaban J connectivity index is 2.59. The Morgan fingerprint density at radius 1 is 1.54 bits per heavy atom. The number of carboxylic acids is 1. The van der Waals surface area contributed by atoms with Gasteiger partial charge in [0.25, 0.3) is 0 Å². The molecule has 3 nitrogen and oxygen atoms in total. The second-order valence-electron chi connectivity index (χ2n) is 3.28. The minimum Gasteiger partial charge on any atom is -0.480 e. The molecule has 1 unspecified atom stereocenters. The molecule has 1 fully saturated rings. The van der Waals surface area contributed by atoms with Gasteiger partial charge < -0.3 is 5.11 Å². The number of carbonyl (C=O) groups is 1. The van der Waals surface area contributed by atoms with Crippen molar-refractivity contribution in [3.8, 4) is 0 Å². The molecule has 13 heavy (non-hydrogen) atoms. The molecular formula is C7H10F3NO2. The Morgan fingerprint density at radius 2 is 2.00 bits per heavy atom. The van der Waals surface area contributed by atoms with Crippen molar-refractivity contribution in [3.05, 3.63) is 0 Å². The monoisotopic (exact) mass is 197 g/mol. The number of alkyl halides is 3. The van der Waals surface area contributed by atoms with E-state index >= 15 is 0 Å². The minimum atomic E-state index is -4.35. The summed E-state index contributed by atoms with van der Waals surface area (Å²) in [7, 11) is 0. The highest BCUT2D eigenvalue weighted by Crippen LogP contribution is 2.49. The van der Waals surface area contributed by atoms with Gasteiger partial charge in [-0.15, -0.1) is 0 Å². The molecule has 1 aliphatic rings. The first-order valence-electron chi connectivity index (χ1n) is 3.86. The van der Waals surface area contributed by atoms with Gasteiger partial charge in [-0.1, -0.05) is 0 Å². The summed E-state index contributed by atoms with van der Waals surface area (Å²) in [5.41, 5.74) is -1.94. The van der Waals surface area contributed by atoms with E-state index in [0.29, 0.717) is 0 Å². The van der Waals surface area contributed by atoms with Gasteiger partial charge >= 0.3 is 12.1 Å². The van der Waals surface area contributed by atoms with Crippen LogP contribution in [0.1, 0.15) is 19.8 Å². The molecule has 6 heteroatoms. The van der Waals surface area contributed by atoms with E-state index in [9.17, 15) is 18.0 Å². The van der Waals surface area contributed by atoms with Crippen molar-refractivity contribution in [2.75, 3.05) is 0 Å². The van der Waals surface area contributed by atoms with Crippen molar-refractivity contribution >= 4 is 5.97 Å². The fourth-order valence-corrected chi connectivity index (χ4v) is 1.11. The summed E-state index contributed by atoms with van der Waals surface area (Å²) in [6, 6.07) is -1.16. The SMILES string of the molecule is CC(NC1(C(F)(F)F)CC1)C(=O)O. The molecular weight excluding hydrogens is 187 g/mol.